The van der Waals surface area contributed by atoms with Crippen LogP contribution < -0.4 is 21.5 Å². The molecule has 0 rings (SSSR count). The number of halogens is 1. The second-order valence-electron chi connectivity index (χ2n) is 4.06. The molecule has 16 heavy (non-hydrogen) atoms. The molecule has 0 unspecified atom stereocenters. The van der Waals surface area contributed by atoms with Gasteiger partial charge in [-0.3, -0.25) is 0 Å². The summed E-state index contributed by atoms with van der Waals surface area (Å²) in [5, 5.41) is 0. The summed E-state index contributed by atoms with van der Waals surface area (Å²) >= 11 is 3.56. The van der Waals surface area contributed by atoms with E-state index in [1.807, 2.05) is 27.7 Å². The van der Waals surface area contributed by atoms with Crippen LogP contribution in [-0.2, 0) is 9.53 Å². The molecule has 0 aliphatic rings. The van der Waals surface area contributed by atoms with E-state index in [0.717, 1.165) is 10.7 Å². The van der Waals surface area contributed by atoms with Gasteiger partial charge in [-0.05, 0) is 0 Å². The Bertz CT molecular complexity index is 243. The zero-order chi connectivity index (χ0) is 12.8. The van der Waals surface area contributed by atoms with E-state index in [1.54, 1.807) is 0 Å². The van der Waals surface area contributed by atoms with Gasteiger partial charge in [-0.15, -0.1) is 0 Å². The molecule has 0 aliphatic carbocycles. The fraction of sp³-hybridized carbons (Fsp3) is 0.800. The van der Waals surface area contributed by atoms with Crippen molar-refractivity contribution in [1.82, 2.24) is 3.11 Å². The van der Waals surface area contributed by atoms with Crippen LogP contribution in [0.3, 0.4) is 0 Å². The van der Waals surface area contributed by atoms with Crippen LogP contribution in [0.5, 0.6) is 0 Å². The zero-order valence-electron chi connectivity index (χ0n) is 10.1. The Balaban J connectivity index is 4.63. The number of amides is 1. The first-order chi connectivity index (χ1) is 7.35. The van der Waals surface area contributed by atoms with Crippen molar-refractivity contribution in [3.63, 3.8) is 0 Å². The molecule has 0 radical (unpaired) electrons. The summed E-state index contributed by atoms with van der Waals surface area (Å²) < 4.78 is 7.68. The van der Waals surface area contributed by atoms with E-state index in [0.29, 0.717) is 5.75 Å². The SMILES string of the molecule is CC[I-]N(C(=O)OC(C)(C)C)[C@H](C=O)CS. The van der Waals surface area contributed by atoms with Crippen molar-refractivity contribution in [1.29, 1.82) is 0 Å². The van der Waals surface area contributed by atoms with Crippen molar-refractivity contribution in [2.75, 3.05) is 10.2 Å². The fourth-order valence-corrected chi connectivity index (χ4v) is 3.38. The van der Waals surface area contributed by atoms with Gasteiger partial charge in [0.2, 0.25) is 0 Å². The van der Waals surface area contributed by atoms with Crippen LogP contribution in [0.2, 0.25) is 0 Å². The molecule has 0 fully saturated rings. The van der Waals surface area contributed by atoms with Gasteiger partial charge in [-0.2, -0.15) is 0 Å². The number of aldehydes is 1. The molecule has 1 amide bonds. The minimum absolute atomic E-state index is 0.336. The molecule has 0 saturated heterocycles. The summed E-state index contributed by atoms with van der Waals surface area (Å²) in [5.41, 5.74) is -0.531. The molecule has 0 aromatic carbocycles. The van der Waals surface area contributed by atoms with E-state index in [1.165, 1.54) is 3.11 Å². The molecule has 0 bridgehead atoms. The third-order valence-corrected chi connectivity index (χ3v) is 4.35. The second kappa shape index (κ2) is 7.37. The number of rotatable bonds is 5. The summed E-state index contributed by atoms with van der Waals surface area (Å²) in [7, 11) is 0. The fourth-order valence-electron chi connectivity index (χ4n) is 0.875. The number of hydrogen-bond donors (Lipinski definition) is 1. The molecule has 0 heterocycles. The summed E-state index contributed by atoms with van der Waals surface area (Å²) in [6.45, 7) is 7.42. The Kier molecular flexibility index (Phi) is 7.38. The van der Waals surface area contributed by atoms with Crippen LogP contribution in [-0.4, -0.2) is 37.3 Å². The van der Waals surface area contributed by atoms with E-state index >= 15 is 0 Å². The van der Waals surface area contributed by atoms with E-state index in [4.69, 9.17) is 4.74 Å². The van der Waals surface area contributed by atoms with Gasteiger partial charge in [0.05, 0.1) is 0 Å². The third-order valence-electron chi connectivity index (χ3n) is 1.45. The molecule has 0 N–H and O–H groups in total. The summed E-state index contributed by atoms with van der Waals surface area (Å²) in [6.07, 6.45) is 0.347. The molecule has 4 nitrogen and oxygen atoms in total. The van der Waals surface area contributed by atoms with Crippen LogP contribution in [0.1, 0.15) is 27.7 Å². The summed E-state index contributed by atoms with van der Waals surface area (Å²) in [5.74, 6) is 0.336. The first-order valence-electron chi connectivity index (χ1n) is 5.03. The van der Waals surface area contributed by atoms with Crippen molar-refractivity contribution in [2.45, 2.75) is 39.3 Å². The number of carbonyl (C=O) groups excluding carboxylic acids is 2. The quantitative estimate of drug-likeness (QED) is 0.219. The maximum absolute atomic E-state index is 11.8. The van der Waals surface area contributed by atoms with Crippen LogP contribution in [0.4, 0.5) is 4.79 Å². The second-order valence-corrected chi connectivity index (χ2v) is 7.68. The van der Waals surface area contributed by atoms with Crippen molar-refractivity contribution < 1.29 is 35.8 Å². The number of hydrogen-bond acceptors (Lipinski definition) is 4. The Labute approximate surface area is 113 Å². The third kappa shape index (κ3) is 5.93. The van der Waals surface area contributed by atoms with Crippen LogP contribution in [0.25, 0.3) is 0 Å². The monoisotopic (exact) mass is 360 g/mol. The number of thiol groups is 1. The Morgan fingerprint density at radius 2 is 2.12 bits per heavy atom. The Hall–Kier alpha value is 0.0200. The van der Waals surface area contributed by atoms with E-state index in [2.05, 4.69) is 12.6 Å². The number of carbonyl (C=O) groups is 2. The van der Waals surface area contributed by atoms with Crippen LogP contribution >= 0.6 is 12.6 Å². The molecule has 6 heteroatoms. The van der Waals surface area contributed by atoms with Crippen molar-refractivity contribution >= 4 is 25.0 Å². The summed E-state index contributed by atoms with van der Waals surface area (Å²) in [4.78, 5) is 22.7. The average molecular weight is 360 g/mol. The summed E-state index contributed by atoms with van der Waals surface area (Å²) in [6, 6.07) is -0.467. The molecule has 0 aliphatic heterocycles. The standard InChI is InChI=1S/C10H19INO3S/c1-5-11-12(8(6-13)7-16)9(14)15-10(2,3)4/h6,8,16H,5,7H2,1-4H3/q-1/t8-/m1/s1. The average Bonchev–Trinajstić information content (AvgIpc) is 2.15. The van der Waals surface area contributed by atoms with Gasteiger partial charge in [0, 0.05) is 0 Å². The van der Waals surface area contributed by atoms with Gasteiger partial charge in [-0.25, -0.2) is 0 Å². The van der Waals surface area contributed by atoms with Crippen molar-refractivity contribution in [3.8, 4) is 0 Å². The topological polar surface area (TPSA) is 46.6 Å². The molecular formula is C10H19INO3S-. The molecule has 1 atom stereocenters. The van der Waals surface area contributed by atoms with Crippen LogP contribution in [0, 0.1) is 0 Å². The predicted octanol–water partition coefficient (Wildman–Crippen LogP) is -1.26. The first-order valence-corrected chi connectivity index (χ1v) is 8.15. The molecule has 0 aromatic heterocycles. The Morgan fingerprint density at radius 3 is 2.44 bits per heavy atom. The van der Waals surface area contributed by atoms with E-state index < -0.39 is 39.2 Å². The zero-order valence-corrected chi connectivity index (χ0v) is 13.1. The Morgan fingerprint density at radius 1 is 1.56 bits per heavy atom. The van der Waals surface area contributed by atoms with Gasteiger partial charge in [0.25, 0.3) is 0 Å². The van der Waals surface area contributed by atoms with Gasteiger partial charge in [0.1, 0.15) is 0 Å². The number of nitrogens with zero attached hydrogens (tertiary/aromatic N) is 1. The molecule has 0 aromatic rings. The maximum atomic E-state index is 11.8. The van der Waals surface area contributed by atoms with E-state index in [-0.39, 0.29) is 0 Å². The van der Waals surface area contributed by atoms with Gasteiger partial charge < -0.3 is 0 Å². The van der Waals surface area contributed by atoms with Crippen molar-refractivity contribution in [3.05, 3.63) is 0 Å². The van der Waals surface area contributed by atoms with Gasteiger partial charge >= 0.3 is 113 Å². The predicted molar refractivity (Wildman–Crippen MR) is 62.3 cm³/mol. The van der Waals surface area contributed by atoms with E-state index in [9.17, 15) is 9.59 Å². The van der Waals surface area contributed by atoms with Gasteiger partial charge in [0.15, 0.2) is 0 Å². The number of alkyl halides is 1. The molecule has 0 saturated carbocycles. The first kappa shape index (κ1) is 16.0. The van der Waals surface area contributed by atoms with Crippen molar-refractivity contribution in [2.24, 2.45) is 0 Å². The number of ether oxygens (including phenoxy) is 1. The molecule has 0 spiro atoms. The normalized spacial score (nSPS) is 13.3. The van der Waals surface area contributed by atoms with Crippen LogP contribution in [0.15, 0.2) is 0 Å². The molecule has 96 valence electrons. The molecular weight excluding hydrogens is 341 g/mol. The minimum atomic E-state index is -0.531. The van der Waals surface area contributed by atoms with Gasteiger partial charge in [-0.1, -0.05) is 0 Å².